The minimum Gasteiger partial charge on any atom is -0.347 e. The molecule has 0 saturated carbocycles. The van der Waals surface area contributed by atoms with Crippen LogP contribution >= 0.6 is 0 Å². The fraction of sp³-hybridized carbons (Fsp3) is 0.240. The molecule has 1 aliphatic rings. The van der Waals surface area contributed by atoms with Gasteiger partial charge in [-0.25, -0.2) is 5.43 Å². The van der Waals surface area contributed by atoms with Crippen LogP contribution in [0.25, 0.3) is 10.9 Å². The van der Waals surface area contributed by atoms with Gasteiger partial charge in [-0.15, -0.1) is 0 Å². The van der Waals surface area contributed by atoms with Crippen molar-refractivity contribution >= 4 is 28.7 Å². The number of carbonyl (C=O) groups is 1. The van der Waals surface area contributed by atoms with E-state index in [1.165, 1.54) is 11.3 Å². The summed E-state index contributed by atoms with van der Waals surface area (Å²) in [5.41, 5.74) is 8.45. The third-order valence-electron chi connectivity index (χ3n) is 5.79. The van der Waals surface area contributed by atoms with Crippen molar-refractivity contribution in [3.05, 3.63) is 83.2 Å². The average molecular weight is 399 g/mol. The molecule has 152 valence electrons. The largest absolute Gasteiger partial charge is 0.347 e. The summed E-state index contributed by atoms with van der Waals surface area (Å²) in [7, 11) is 2.06. The van der Waals surface area contributed by atoms with Crippen molar-refractivity contribution in [1.29, 1.82) is 0 Å². The normalized spacial score (nSPS) is 16.4. The van der Waals surface area contributed by atoms with E-state index in [2.05, 4.69) is 59.5 Å². The number of hydrazone groups is 1. The molecule has 5 heteroatoms. The van der Waals surface area contributed by atoms with Crippen LogP contribution < -0.4 is 10.3 Å². The van der Waals surface area contributed by atoms with E-state index in [0.717, 1.165) is 28.7 Å². The van der Waals surface area contributed by atoms with Crippen molar-refractivity contribution in [2.45, 2.75) is 32.6 Å². The Labute approximate surface area is 177 Å². The van der Waals surface area contributed by atoms with Crippen LogP contribution in [0, 0.1) is 0 Å². The SMILES string of the molecule is CCc1cc(C(=O)N/N=C/C=C2/N(C)c3ccccc3C2(C)C)c2ccccc2n1. The molecule has 0 spiro atoms. The molecule has 0 radical (unpaired) electrons. The second-order valence-electron chi connectivity index (χ2n) is 8.00. The second-order valence-corrected chi connectivity index (χ2v) is 8.00. The zero-order valence-corrected chi connectivity index (χ0v) is 17.8. The van der Waals surface area contributed by atoms with Gasteiger partial charge >= 0.3 is 0 Å². The van der Waals surface area contributed by atoms with Gasteiger partial charge in [-0.2, -0.15) is 5.10 Å². The van der Waals surface area contributed by atoms with Crippen molar-refractivity contribution < 1.29 is 4.79 Å². The van der Waals surface area contributed by atoms with E-state index in [1.54, 1.807) is 6.21 Å². The van der Waals surface area contributed by atoms with E-state index >= 15 is 0 Å². The number of hydrogen-bond donors (Lipinski definition) is 1. The summed E-state index contributed by atoms with van der Waals surface area (Å²) < 4.78 is 0. The number of carbonyl (C=O) groups excluding carboxylic acids is 1. The number of anilines is 1. The summed E-state index contributed by atoms with van der Waals surface area (Å²) in [5, 5.41) is 5.01. The number of nitrogens with zero attached hydrogens (tertiary/aromatic N) is 3. The van der Waals surface area contributed by atoms with E-state index in [1.807, 2.05) is 49.4 Å². The Bertz CT molecular complexity index is 1180. The van der Waals surface area contributed by atoms with E-state index < -0.39 is 0 Å². The second kappa shape index (κ2) is 7.75. The Morgan fingerprint density at radius 1 is 1.17 bits per heavy atom. The van der Waals surface area contributed by atoms with Gasteiger partial charge in [0.25, 0.3) is 5.91 Å². The van der Waals surface area contributed by atoms with Crippen LogP contribution in [0.5, 0.6) is 0 Å². The highest BCUT2D eigenvalue weighted by molar-refractivity contribution is 6.06. The van der Waals surface area contributed by atoms with Crippen LogP contribution in [0.3, 0.4) is 0 Å². The standard InChI is InChI=1S/C25H26N4O/c1-5-17-16-19(18-10-6-8-12-21(18)27-17)24(30)28-26-15-14-23-25(2,3)20-11-7-9-13-22(20)29(23)4/h6-16H,5H2,1-4H3,(H,28,30)/b23-14+,26-15+. The molecule has 0 atom stereocenters. The van der Waals surface area contributed by atoms with Gasteiger partial charge < -0.3 is 4.90 Å². The van der Waals surface area contributed by atoms with Gasteiger partial charge in [0, 0.05) is 41.1 Å². The van der Waals surface area contributed by atoms with Crippen LogP contribution in [-0.2, 0) is 11.8 Å². The number of para-hydroxylation sites is 2. The molecule has 2 heterocycles. The van der Waals surface area contributed by atoms with Crippen molar-refractivity contribution in [2.75, 3.05) is 11.9 Å². The highest BCUT2D eigenvalue weighted by atomic mass is 16.2. The average Bonchev–Trinajstić information content (AvgIpc) is 2.96. The molecule has 0 fully saturated rings. The van der Waals surface area contributed by atoms with Gasteiger partial charge in [0.05, 0.1) is 11.1 Å². The number of likely N-dealkylation sites (N-methyl/N-ethyl adjacent to an activating group) is 1. The number of hydrogen-bond acceptors (Lipinski definition) is 4. The Morgan fingerprint density at radius 3 is 2.67 bits per heavy atom. The quantitative estimate of drug-likeness (QED) is 0.506. The minimum absolute atomic E-state index is 0.126. The first-order valence-corrected chi connectivity index (χ1v) is 10.2. The minimum atomic E-state index is -0.236. The lowest BCUT2D eigenvalue weighted by atomic mass is 9.84. The number of allylic oxidation sites excluding steroid dienone is 2. The molecule has 1 aliphatic heterocycles. The number of aromatic nitrogens is 1. The summed E-state index contributed by atoms with van der Waals surface area (Å²) in [6, 6.07) is 17.9. The number of fused-ring (bicyclic) bond motifs is 2. The van der Waals surface area contributed by atoms with Crippen molar-refractivity contribution in [1.82, 2.24) is 10.4 Å². The molecule has 0 saturated heterocycles. The summed E-state index contributed by atoms with van der Waals surface area (Å²) in [4.78, 5) is 19.6. The number of amides is 1. The molecular formula is C25H26N4O. The first-order chi connectivity index (χ1) is 14.4. The number of rotatable bonds is 4. The number of aryl methyl sites for hydroxylation is 1. The summed E-state index contributed by atoms with van der Waals surface area (Å²) >= 11 is 0. The van der Waals surface area contributed by atoms with Crippen LogP contribution in [0.4, 0.5) is 5.69 Å². The monoisotopic (exact) mass is 398 g/mol. The van der Waals surface area contributed by atoms with Gasteiger partial charge in [-0.3, -0.25) is 9.78 Å². The van der Waals surface area contributed by atoms with Gasteiger partial charge in [0.15, 0.2) is 0 Å². The topological polar surface area (TPSA) is 57.6 Å². The highest BCUT2D eigenvalue weighted by Gasteiger charge is 2.37. The van der Waals surface area contributed by atoms with Crippen LogP contribution in [-0.4, -0.2) is 24.2 Å². The van der Waals surface area contributed by atoms with Crippen molar-refractivity contribution in [3.63, 3.8) is 0 Å². The molecule has 3 aromatic rings. The van der Waals surface area contributed by atoms with Crippen LogP contribution in [0.2, 0.25) is 0 Å². The van der Waals surface area contributed by atoms with Crippen molar-refractivity contribution in [3.8, 4) is 0 Å². The molecule has 0 aliphatic carbocycles. The molecule has 30 heavy (non-hydrogen) atoms. The maximum absolute atomic E-state index is 12.8. The van der Waals surface area contributed by atoms with Gasteiger partial charge in [-0.05, 0) is 36.3 Å². The van der Waals surface area contributed by atoms with Gasteiger partial charge in [0.1, 0.15) is 0 Å². The first kappa shape index (κ1) is 19.8. The molecule has 1 amide bonds. The number of pyridine rings is 1. The number of benzene rings is 2. The molecular weight excluding hydrogens is 372 g/mol. The van der Waals surface area contributed by atoms with Gasteiger partial charge in [-0.1, -0.05) is 57.2 Å². The third kappa shape index (κ3) is 3.36. The number of nitrogens with one attached hydrogen (secondary N) is 1. The molecule has 5 nitrogen and oxygen atoms in total. The molecule has 4 rings (SSSR count). The lowest BCUT2D eigenvalue weighted by molar-refractivity contribution is 0.0956. The van der Waals surface area contributed by atoms with Gasteiger partial charge in [0.2, 0.25) is 0 Å². The van der Waals surface area contributed by atoms with E-state index in [9.17, 15) is 4.79 Å². The fourth-order valence-electron chi connectivity index (χ4n) is 4.16. The first-order valence-electron chi connectivity index (χ1n) is 10.2. The van der Waals surface area contributed by atoms with Crippen molar-refractivity contribution in [2.24, 2.45) is 5.10 Å². The molecule has 1 aromatic heterocycles. The Morgan fingerprint density at radius 2 is 1.90 bits per heavy atom. The van der Waals surface area contributed by atoms with E-state index in [-0.39, 0.29) is 11.3 Å². The lowest BCUT2D eigenvalue weighted by Crippen LogP contribution is -2.23. The maximum Gasteiger partial charge on any atom is 0.272 e. The maximum atomic E-state index is 12.8. The predicted molar refractivity (Wildman–Crippen MR) is 123 cm³/mol. The predicted octanol–water partition coefficient (Wildman–Crippen LogP) is 4.82. The highest BCUT2D eigenvalue weighted by Crippen LogP contribution is 2.46. The Hall–Kier alpha value is -3.47. The fourth-order valence-corrected chi connectivity index (χ4v) is 4.16. The van der Waals surface area contributed by atoms with E-state index in [4.69, 9.17) is 0 Å². The summed E-state index contributed by atoms with van der Waals surface area (Å²) in [6.45, 7) is 6.42. The van der Waals surface area contributed by atoms with Crippen LogP contribution in [0.15, 0.2) is 71.5 Å². The smallest absolute Gasteiger partial charge is 0.272 e. The summed E-state index contributed by atoms with van der Waals surface area (Å²) in [6.07, 6.45) is 4.38. The Balaban J connectivity index is 1.56. The molecule has 1 N–H and O–H groups in total. The van der Waals surface area contributed by atoms with E-state index in [0.29, 0.717) is 5.56 Å². The lowest BCUT2D eigenvalue weighted by Gasteiger charge is -2.23. The van der Waals surface area contributed by atoms with Crippen LogP contribution in [0.1, 0.15) is 42.4 Å². The zero-order chi connectivity index (χ0) is 21.3. The third-order valence-corrected chi connectivity index (χ3v) is 5.79. The zero-order valence-electron chi connectivity index (χ0n) is 17.8. The molecule has 0 unspecified atom stereocenters. The molecule has 2 aromatic carbocycles. The Kier molecular flexibility index (Phi) is 5.12. The summed E-state index contributed by atoms with van der Waals surface area (Å²) in [5.74, 6) is -0.236. The molecule has 0 bridgehead atoms.